The number of nitrogens with zero attached hydrogens (tertiary/aromatic N) is 4. The number of likely N-dealkylation sites (N-methyl/N-ethyl adjacent to an activating group) is 1. The van der Waals surface area contributed by atoms with E-state index in [-0.39, 0.29) is 11.7 Å². The molecule has 2 heterocycles. The Bertz CT molecular complexity index is 1070. The molecule has 0 spiro atoms. The molecule has 0 fully saturated rings. The number of ether oxygens (including phenoxy) is 1. The van der Waals surface area contributed by atoms with E-state index in [0.717, 1.165) is 36.5 Å². The number of amides is 1. The molecule has 0 saturated carbocycles. The number of carbonyl (C=O) groups is 1. The largest absolute Gasteiger partial charge is 0.492 e. The van der Waals surface area contributed by atoms with Crippen molar-refractivity contribution in [1.29, 1.82) is 0 Å². The highest BCUT2D eigenvalue weighted by Gasteiger charge is 2.18. The molecule has 0 aliphatic heterocycles. The fraction of sp³-hybridized carbons (Fsp3) is 0.455. The highest BCUT2D eigenvalue weighted by molar-refractivity contribution is 7.99. The molecule has 8 nitrogen and oxygen atoms in total. The van der Waals surface area contributed by atoms with E-state index >= 15 is 0 Å². The summed E-state index contributed by atoms with van der Waals surface area (Å²) < 4.78 is 6.09. The Morgan fingerprint density at radius 1 is 1.25 bits per heavy atom. The number of hydrogen-bond donors (Lipinski definition) is 2. The van der Waals surface area contributed by atoms with Crippen molar-refractivity contribution in [3.05, 3.63) is 29.0 Å². The summed E-state index contributed by atoms with van der Waals surface area (Å²) in [5.74, 6) is 0.922. The zero-order chi connectivity index (χ0) is 23.1. The monoisotopic (exact) mass is 476 g/mol. The van der Waals surface area contributed by atoms with Crippen molar-refractivity contribution in [2.24, 2.45) is 0 Å². The standard InChI is InChI=1S/C22H29ClN6O2S/c1-5-24-18(30)12-32-22-27-19(20-21(28-22)26-13-25-20)15-11-17(14(4)10-16(15)23)31-9-8-29(6-2)7-3/h10-11,13H,5-9,12H2,1-4H3,(H,24,30)(H,25,26,27,28). The molecule has 0 atom stereocenters. The van der Waals surface area contributed by atoms with Gasteiger partial charge in [0.25, 0.3) is 0 Å². The van der Waals surface area contributed by atoms with Gasteiger partial charge < -0.3 is 19.9 Å². The van der Waals surface area contributed by atoms with Crippen LogP contribution in [-0.2, 0) is 4.79 Å². The van der Waals surface area contributed by atoms with Crippen LogP contribution in [0.1, 0.15) is 26.3 Å². The van der Waals surface area contributed by atoms with Crippen molar-refractivity contribution in [3.8, 4) is 17.0 Å². The van der Waals surface area contributed by atoms with Crippen LogP contribution in [0.3, 0.4) is 0 Å². The average molecular weight is 477 g/mol. The van der Waals surface area contributed by atoms with E-state index < -0.39 is 0 Å². The molecule has 32 heavy (non-hydrogen) atoms. The highest BCUT2D eigenvalue weighted by atomic mass is 35.5. The van der Waals surface area contributed by atoms with Gasteiger partial charge in [0.2, 0.25) is 5.91 Å². The van der Waals surface area contributed by atoms with Gasteiger partial charge in [0.05, 0.1) is 17.1 Å². The fourth-order valence-electron chi connectivity index (χ4n) is 3.27. The summed E-state index contributed by atoms with van der Waals surface area (Å²) in [7, 11) is 0. The minimum absolute atomic E-state index is 0.0676. The predicted molar refractivity (Wildman–Crippen MR) is 130 cm³/mol. The highest BCUT2D eigenvalue weighted by Crippen LogP contribution is 2.36. The van der Waals surface area contributed by atoms with Gasteiger partial charge in [-0.15, -0.1) is 0 Å². The third-order valence-corrected chi connectivity index (χ3v) is 6.21. The van der Waals surface area contributed by atoms with E-state index in [9.17, 15) is 4.79 Å². The molecule has 172 valence electrons. The summed E-state index contributed by atoms with van der Waals surface area (Å²) in [6.07, 6.45) is 1.57. The summed E-state index contributed by atoms with van der Waals surface area (Å²) >= 11 is 7.89. The average Bonchev–Trinajstić information content (AvgIpc) is 3.25. The first-order valence-electron chi connectivity index (χ1n) is 10.7. The Balaban J connectivity index is 1.91. The van der Waals surface area contributed by atoms with Gasteiger partial charge in [-0.1, -0.05) is 37.2 Å². The molecule has 3 rings (SSSR count). The zero-order valence-corrected chi connectivity index (χ0v) is 20.4. The summed E-state index contributed by atoms with van der Waals surface area (Å²) in [4.78, 5) is 30.7. The fourth-order valence-corrected chi connectivity index (χ4v) is 4.24. The van der Waals surface area contributed by atoms with Gasteiger partial charge in [-0.2, -0.15) is 0 Å². The first kappa shape index (κ1) is 24.3. The predicted octanol–water partition coefficient (Wildman–Crippen LogP) is 3.93. The Morgan fingerprint density at radius 2 is 2.03 bits per heavy atom. The van der Waals surface area contributed by atoms with E-state index in [1.807, 2.05) is 26.0 Å². The lowest BCUT2D eigenvalue weighted by atomic mass is 10.1. The second kappa shape index (κ2) is 11.5. The van der Waals surface area contributed by atoms with Crippen molar-refractivity contribution < 1.29 is 9.53 Å². The molecule has 1 amide bonds. The Morgan fingerprint density at radius 3 is 2.75 bits per heavy atom. The van der Waals surface area contributed by atoms with Crippen LogP contribution in [0.5, 0.6) is 5.75 Å². The van der Waals surface area contributed by atoms with Gasteiger partial charge in [-0.05, 0) is 44.6 Å². The minimum atomic E-state index is -0.0676. The van der Waals surface area contributed by atoms with Crippen molar-refractivity contribution in [3.63, 3.8) is 0 Å². The van der Waals surface area contributed by atoms with Crippen molar-refractivity contribution in [2.45, 2.75) is 32.9 Å². The van der Waals surface area contributed by atoms with Crippen LogP contribution in [0, 0.1) is 6.92 Å². The number of aromatic nitrogens is 4. The molecule has 2 aromatic heterocycles. The first-order chi connectivity index (χ1) is 15.5. The maximum Gasteiger partial charge on any atom is 0.230 e. The number of nitrogens with one attached hydrogen (secondary N) is 2. The number of aromatic amines is 1. The molecule has 0 aliphatic rings. The quantitative estimate of drug-likeness (QED) is 0.319. The number of rotatable bonds is 11. The number of hydrogen-bond acceptors (Lipinski definition) is 7. The van der Waals surface area contributed by atoms with Gasteiger partial charge in [0.1, 0.15) is 23.6 Å². The molecule has 10 heteroatoms. The number of H-pyrrole nitrogens is 1. The number of carbonyl (C=O) groups excluding carboxylic acids is 1. The lowest BCUT2D eigenvalue weighted by molar-refractivity contribution is -0.118. The summed E-state index contributed by atoms with van der Waals surface area (Å²) in [6, 6.07) is 3.80. The lowest BCUT2D eigenvalue weighted by Gasteiger charge is -2.19. The van der Waals surface area contributed by atoms with Gasteiger partial charge in [0, 0.05) is 18.7 Å². The molecular formula is C22H29ClN6O2S. The third-order valence-electron chi connectivity index (χ3n) is 5.05. The van der Waals surface area contributed by atoms with Crippen molar-refractivity contribution >= 4 is 40.4 Å². The summed E-state index contributed by atoms with van der Waals surface area (Å²) in [5.41, 5.74) is 3.52. The zero-order valence-electron chi connectivity index (χ0n) is 18.9. The van der Waals surface area contributed by atoms with Crippen LogP contribution in [0.4, 0.5) is 0 Å². The van der Waals surface area contributed by atoms with E-state index in [0.29, 0.717) is 40.2 Å². The van der Waals surface area contributed by atoms with Crippen LogP contribution in [0.2, 0.25) is 5.02 Å². The van der Waals surface area contributed by atoms with Gasteiger partial charge in [0.15, 0.2) is 10.8 Å². The maximum absolute atomic E-state index is 11.9. The molecular weight excluding hydrogens is 448 g/mol. The second-order valence-corrected chi connectivity index (χ2v) is 8.52. The number of thioether (sulfide) groups is 1. The lowest BCUT2D eigenvalue weighted by Crippen LogP contribution is -2.28. The Labute approximate surface area is 197 Å². The van der Waals surface area contributed by atoms with E-state index in [4.69, 9.17) is 21.3 Å². The van der Waals surface area contributed by atoms with Crippen molar-refractivity contribution in [2.75, 3.05) is 38.5 Å². The third kappa shape index (κ3) is 5.90. The van der Waals surface area contributed by atoms with Gasteiger partial charge in [-0.25, -0.2) is 15.0 Å². The van der Waals surface area contributed by atoms with Gasteiger partial charge >= 0.3 is 0 Å². The number of halogens is 1. The molecule has 2 N–H and O–H groups in total. The Hall–Kier alpha value is -2.36. The number of imidazole rings is 1. The molecule has 0 bridgehead atoms. The van der Waals surface area contributed by atoms with Crippen LogP contribution in [0.15, 0.2) is 23.6 Å². The number of fused-ring (bicyclic) bond motifs is 1. The molecule has 0 saturated heterocycles. The summed E-state index contributed by atoms with van der Waals surface area (Å²) in [6.45, 7) is 12.1. The van der Waals surface area contributed by atoms with Crippen LogP contribution in [0.25, 0.3) is 22.4 Å². The Kier molecular flexibility index (Phi) is 8.72. The van der Waals surface area contributed by atoms with Crippen molar-refractivity contribution in [1.82, 2.24) is 30.2 Å². The molecule has 0 unspecified atom stereocenters. The molecule has 0 radical (unpaired) electrons. The number of benzene rings is 1. The molecule has 0 aliphatic carbocycles. The van der Waals surface area contributed by atoms with Crippen LogP contribution in [-0.4, -0.2) is 69.3 Å². The second-order valence-electron chi connectivity index (χ2n) is 7.17. The number of aryl methyl sites for hydroxylation is 1. The molecule has 1 aromatic carbocycles. The maximum atomic E-state index is 11.9. The van der Waals surface area contributed by atoms with Gasteiger partial charge in [-0.3, -0.25) is 4.79 Å². The topological polar surface area (TPSA) is 96.0 Å². The first-order valence-corrected chi connectivity index (χ1v) is 12.1. The SMILES string of the molecule is CCNC(=O)CSc1nc(-c2cc(OCCN(CC)CC)c(C)cc2Cl)c2[nH]cnc2n1. The molecule has 3 aromatic rings. The summed E-state index contributed by atoms with van der Waals surface area (Å²) in [5, 5.41) is 3.80. The smallest absolute Gasteiger partial charge is 0.230 e. The van der Waals surface area contributed by atoms with Crippen LogP contribution >= 0.6 is 23.4 Å². The minimum Gasteiger partial charge on any atom is -0.492 e. The van der Waals surface area contributed by atoms with Crippen LogP contribution < -0.4 is 10.1 Å². The van der Waals surface area contributed by atoms with E-state index in [2.05, 4.69) is 39.0 Å². The normalized spacial score (nSPS) is 11.3. The van der Waals surface area contributed by atoms with E-state index in [1.54, 1.807) is 6.33 Å². The van der Waals surface area contributed by atoms with E-state index in [1.165, 1.54) is 11.8 Å².